The van der Waals surface area contributed by atoms with Crippen molar-refractivity contribution in [2.24, 2.45) is 0 Å². The Morgan fingerprint density at radius 2 is 2.20 bits per heavy atom. The highest BCUT2D eigenvalue weighted by atomic mass is 35.5. The number of rotatable bonds is 6. The number of nitrogens with one attached hydrogen (secondary N) is 1. The van der Waals surface area contributed by atoms with Gasteiger partial charge in [0.2, 0.25) is 0 Å². The average molecular weight is 294 g/mol. The highest BCUT2D eigenvalue weighted by Crippen LogP contribution is 2.16. The Balaban J connectivity index is 2.08. The Bertz CT molecular complexity index is 606. The third-order valence-corrected chi connectivity index (χ3v) is 3.53. The Hall–Kier alpha value is -1.55. The standard InChI is InChI=1S/C15H20ClN3O/c1-3-4-5-6-8-17-15(20)14-11(2)18-13-10-12(16)7-9-19(13)14/h7,9-10H,3-6,8H2,1-2H3,(H,17,20). The van der Waals surface area contributed by atoms with Crippen molar-refractivity contribution in [3.05, 3.63) is 34.7 Å². The van der Waals surface area contributed by atoms with Crippen LogP contribution in [0.4, 0.5) is 0 Å². The quantitative estimate of drug-likeness (QED) is 0.827. The van der Waals surface area contributed by atoms with Crippen molar-refractivity contribution in [3.8, 4) is 0 Å². The number of pyridine rings is 1. The number of carbonyl (C=O) groups is 1. The summed E-state index contributed by atoms with van der Waals surface area (Å²) in [6, 6.07) is 3.51. The van der Waals surface area contributed by atoms with E-state index >= 15 is 0 Å². The lowest BCUT2D eigenvalue weighted by Crippen LogP contribution is -2.26. The Morgan fingerprint density at radius 1 is 1.40 bits per heavy atom. The van der Waals surface area contributed by atoms with E-state index in [1.165, 1.54) is 12.8 Å². The number of imidazole rings is 1. The zero-order chi connectivity index (χ0) is 14.5. The number of amides is 1. The van der Waals surface area contributed by atoms with Crippen molar-refractivity contribution in [3.63, 3.8) is 0 Å². The van der Waals surface area contributed by atoms with Gasteiger partial charge in [0.25, 0.3) is 5.91 Å². The van der Waals surface area contributed by atoms with E-state index in [2.05, 4.69) is 17.2 Å². The molecule has 20 heavy (non-hydrogen) atoms. The summed E-state index contributed by atoms with van der Waals surface area (Å²) in [5.74, 6) is -0.0752. The lowest BCUT2D eigenvalue weighted by Gasteiger charge is -2.06. The van der Waals surface area contributed by atoms with Crippen LogP contribution in [0.15, 0.2) is 18.3 Å². The van der Waals surface area contributed by atoms with E-state index < -0.39 is 0 Å². The van der Waals surface area contributed by atoms with Gasteiger partial charge in [-0.1, -0.05) is 37.8 Å². The van der Waals surface area contributed by atoms with E-state index in [9.17, 15) is 4.79 Å². The molecule has 0 saturated heterocycles. The van der Waals surface area contributed by atoms with E-state index in [0.29, 0.717) is 22.9 Å². The number of fused-ring (bicyclic) bond motifs is 1. The lowest BCUT2D eigenvalue weighted by molar-refractivity contribution is 0.0946. The first-order valence-corrected chi connectivity index (χ1v) is 7.43. The summed E-state index contributed by atoms with van der Waals surface area (Å²) in [5.41, 5.74) is 2.01. The SMILES string of the molecule is CCCCCCNC(=O)c1c(C)nc2cc(Cl)ccn12. The molecule has 2 aromatic heterocycles. The molecule has 0 radical (unpaired) electrons. The first kappa shape index (κ1) is 14.9. The molecule has 108 valence electrons. The summed E-state index contributed by atoms with van der Waals surface area (Å²) in [7, 11) is 0. The molecule has 0 unspecified atom stereocenters. The van der Waals surface area contributed by atoms with E-state index in [0.717, 1.165) is 18.5 Å². The second-order valence-electron chi connectivity index (χ2n) is 4.94. The van der Waals surface area contributed by atoms with Gasteiger partial charge in [0.05, 0.1) is 5.69 Å². The van der Waals surface area contributed by atoms with Crippen LogP contribution in [0.2, 0.25) is 5.02 Å². The van der Waals surface area contributed by atoms with Gasteiger partial charge in [-0.25, -0.2) is 4.98 Å². The van der Waals surface area contributed by atoms with Crippen molar-refractivity contribution in [1.29, 1.82) is 0 Å². The third kappa shape index (κ3) is 3.31. The van der Waals surface area contributed by atoms with Crippen molar-refractivity contribution in [2.45, 2.75) is 39.5 Å². The van der Waals surface area contributed by atoms with Crippen molar-refractivity contribution >= 4 is 23.2 Å². The minimum atomic E-state index is -0.0752. The molecule has 1 N–H and O–H groups in total. The molecule has 0 atom stereocenters. The molecule has 0 spiro atoms. The molecule has 0 saturated carbocycles. The van der Waals surface area contributed by atoms with E-state index in [-0.39, 0.29) is 5.91 Å². The van der Waals surface area contributed by atoms with Crippen LogP contribution in [0.25, 0.3) is 5.65 Å². The van der Waals surface area contributed by atoms with Crippen LogP contribution in [0, 0.1) is 6.92 Å². The summed E-state index contributed by atoms with van der Waals surface area (Å²) in [4.78, 5) is 16.6. The molecule has 4 nitrogen and oxygen atoms in total. The van der Waals surface area contributed by atoms with Crippen LogP contribution in [0.5, 0.6) is 0 Å². The van der Waals surface area contributed by atoms with Crippen molar-refractivity contribution in [2.75, 3.05) is 6.54 Å². The maximum absolute atomic E-state index is 12.3. The number of halogens is 1. The highest BCUT2D eigenvalue weighted by Gasteiger charge is 2.16. The second kappa shape index (κ2) is 6.75. The summed E-state index contributed by atoms with van der Waals surface area (Å²) in [6.45, 7) is 4.72. The van der Waals surface area contributed by atoms with Gasteiger partial charge in [-0.3, -0.25) is 9.20 Å². The van der Waals surface area contributed by atoms with Gasteiger partial charge in [0.15, 0.2) is 0 Å². The number of aryl methyl sites for hydroxylation is 1. The van der Waals surface area contributed by atoms with Crippen LogP contribution in [0.3, 0.4) is 0 Å². The van der Waals surface area contributed by atoms with E-state index in [4.69, 9.17) is 11.6 Å². The molecule has 0 fully saturated rings. The van der Waals surface area contributed by atoms with Gasteiger partial charge in [-0.05, 0) is 19.4 Å². The minimum Gasteiger partial charge on any atom is -0.351 e. The topological polar surface area (TPSA) is 46.4 Å². The second-order valence-corrected chi connectivity index (χ2v) is 5.37. The first-order chi connectivity index (χ1) is 9.63. The molecule has 0 bridgehead atoms. The lowest BCUT2D eigenvalue weighted by atomic mass is 10.2. The molecular weight excluding hydrogens is 274 g/mol. The summed E-state index contributed by atoms with van der Waals surface area (Å²) < 4.78 is 1.78. The molecule has 2 aromatic rings. The maximum Gasteiger partial charge on any atom is 0.270 e. The van der Waals surface area contributed by atoms with Crippen molar-refractivity contribution < 1.29 is 4.79 Å². The number of unbranched alkanes of at least 4 members (excludes halogenated alkanes) is 3. The third-order valence-electron chi connectivity index (χ3n) is 3.29. The normalized spacial score (nSPS) is 10.9. The van der Waals surface area contributed by atoms with Gasteiger partial charge in [0, 0.05) is 23.8 Å². The van der Waals surface area contributed by atoms with E-state index in [1.807, 2.05) is 6.92 Å². The fourth-order valence-electron chi connectivity index (χ4n) is 2.25. The average Bonchev–Trinajstić information content (AvgIpc) is 2.73. The maximum atomic E-state index is 12.3. The Morgan fingerprint density at radius 3 is 2.95 bits per heavy atom. The van der Waals surface area contributed by atoms with Gasteiger partial charge in [-0.15, -0.1) is 0 Å². The largest absolute Gasteiger partial charge is 0.351 e. The molecule has 2 heterocycles. The molecule has 0 aliphatic heterocycles. The van der Waals surface area contributed by atoms with E-state index in [1.54, 1.807) is 22.7 Å². The fraction of sp³-hybridized carbons (Fsp3) is 0.467. The molecule has 1 amide bonds. The molecular formula is C15H20ClN3O. The fourth-order valence-corrected chi connectivity index (χ4v) is 2.40. The number of hydrogen-bond donors (Lipinski definition) is 1. The molecule has 0 aliphatic carbocycles. The van der Waals surface area contributed by atoms with Gasteiger partial charge in [0.1, 0.15) is 11.3 Å². The highest BCUT2D eigenvalue weighted by molar-refractivity contribution is 6.30. The van der Waals surface area contributed by atoms with Crippen LogP contribution in [-0.4, -0.2) is 21.8 Å². The predicted octanol–water partition coefficient (Wildman–Crippen LogP) is 3.61. The van der Waals surface area contributed by atoms with Gasteiger partial charge >= 0.3 is 0 Å². The number of carbonyl (C=O) groups excluding carboxylic acids is 1. The number of aromatic nitrogens is 2. The minimum absolute atomic E-state index is 0.0752. The molecule has 0 aliphatic rings. The Labute approximate surface area is 124 Å². The summed E-state index contributed by atoms with van der Waals surface area (Å²) >= 11 is 5.94. The summed E-state index contributed by atoms with van der Waals surface area (Å²) in [5, 5.41) is 3.58. The molecule has 5 heteroatoms. The van der Waals surface area contributed by atoms with Crippen LogP contribution < -0.4 is 5.32 Å². The van der Waals surface area contributed by atoms with Gasteiger partial charge < -0.3 is 5.32 Å². The number of hydrogen-bond acceptors (Lipinski definition) is 2. The van der Waals surface area contributed by atoms with Gasteiger partial charge in [-0.2, -0.15) is 0 Å². The van der Waals surface area contributed by atoms with Crippen molar-refractivity contribution in [1.82, 2.24) is 14.7 Å². The monoisotopic (exact) mass is 293 g/mol. The zero-order valence-electron chi connectivity index (χ0n) is 11.9. The first-order valence-electron chi connectivity index (χ1n) is 7.06. The van der Waals surface area contributed by atoms with Crippen LogP contribution in [0.1, 0.15) is 48.8 Å². The smallest absolute Gasteiger partial charge is 0.270 e. The zero-order valence-corrected chi connectivity index (χ0v) is 12.7. The Kier molecular flexibility index (Phi) is 5.01. The predicted molar refractivity (Wildman–Crippen MR) is 81.4 cm³/mol. The molecule has 2 rings (SSSR count). The van der Waals surface area contributed by atoms with Crippen LogP contribution in [-0.2, 0) is 0 Å². The summed E-state index contributed by atoms with van der Waals surface area (Å²) in [6.07, 6.45) is 6.35. The number of nitrogens with zero attached hydrogens (tertiary/aromatic N) is 2. The van der Waals surface area contributed by atoms with Crippen LogP contribution >= 0.6 is 11.6 Å². The molecule has 0 aromatic carbocycles.